The lowest BCUT2D eigenvalue weighted by atomic mass is 9.88. The van der Waals surface area contributed by atoms with Gasteiger partial charge in [-0.1, -0.05) is 33.2 Å². The molecule has 0 saturated carbocycles. The number of rotatable bonds is 11. The van der Waals surface area contributed by atoms with Crippen molar-refractivity contribution in [1.82, 2.24) is 0 Å². The van der Waals surface area contributed by atoms with Gasteiger partial charge in [0, 0.05) is 43.8 Å². The van der Waals surface area contributed by atoms with E-state index >= 15 is 0 Å². The lowest BCUT2D eigenvalue weighted by Gasteiger charge is -2.24. The lowest BCUT2D eigenvalue weighted by molar-refractivity contribution is -0.147. The molecule has 0 amide bonds. The van der Waals surface area contributed by atoms with Crippen molar-refractivity contribution in [1.29, 1.82) is 0 Å². The van der Waals surface area contributed by atoms with Crippen molar-refractivity contribution >= 4 is 29.8 Å². The summed E-state index contributed by atoms with van der Waals surface area (Å²) in [7, 11) is 1.57. The van der Waals surface area contributed by atoms with Gasteiger partial charge < -0.3 is 45.2 Å². The van der Waals surface area contributed by atoms with E-state index in [9.17, 15) is 24.0 Å². The first-order valence-electron chi connectivity index (χ1n) is 10.4. The topological polar surface area (TPSA) is 245 Å². The molecular weight excluding hydrogens is 512 g/mol. The third-order valence-corrected chi connectivity index (χ3v) is 3.22. The van der Waals surface area contributed by atoms with Gasteiger partial charge in [0.1, 0.15) is 6.10 Å². The van der Waals surface area contributed by atoms with Gasteiger partial charge in [0.05, 0.1) is 26.4 Å². The highest BCUT2D eigenvalue weighted by atomic mass is 16.6. The molecule has 222 valence electrons. The predicted molar refractivity (Wildman–Crippen MR) is 138 cm³/mol. The minimum absolute atomic E-state index is 0.132. The Kier molecular flexibility index (Phi) is 44.0. The summed E-state index contributed by atoms with van der Waals surface area (Å²) < 4.78 is 9.45. The summed E-state index contributed by atoms with van der Waals surface area (Å²) in [5.41, 5.74) is -0.667. The van der Waals surface area contributed by atoms with Crippen molar-refractivity contribution in [2.45, 2.75) is 33.3 Å². The Morgan fingerprint density at radius 3 is 1.05 bits per heavy atom. The molecule has 0 rings (SSSR count). The molecule has 0 aromatic heterocycles. The van der Waals surface area contributed by atoms with Crippen LogP contribution in [0.2, 0.25) is 0 Å². The second-order valence-corrected chi connectivity index (χ2v) is 6.37. The molecule has 38 heavy (non-hydrogen) atoms. The summed E-state index contributed by atoms with van der Waals surface area (Å²) >= 11 is 0. The highest BCUT2D eigenvalue weighted by Crippen LogP contribution is 2.18. The van der Waals surface area contributed by atoms with Crippen LogP contribution in [0.4, 0.5) is 0 Å². The lowest BCUT2D eigenvalue weighted by Crippen LogP contribution is -2.32. The zero-order valence-electron chi connectivity index (χ0n) is 22.2. The first kappa shape index (κ1) is 47.4. The third-order valence-electron chi connectivity index (χ3n) is 3.22. The van der Waals surface area contributed by atoms with Crippen molar-refractivity contribution in [3.63, 3.8) is 0 Å². The zero-order chi connectivity index (χ0) is 31.7. The smallest absolute Gasteiger partial charge is 0.327 e. The number of hydrogen-bond acceptors (Lipinski definition) is 10. The number of esters is 1. The van der Waals surface area contributed by atoms with E-state index in [2.05, 4.69) is 26.3 Å². The monoisotopic (exact) mass is 554 g/mol. The number of carbonyl (C=O) groups is 5. The van der Waals surface area contributed by atoms with Gasteiger partial charge in [-0.05, 0) is 13.3 Å². The Morgan fingerprint density at radius 2 is 0.974 bits per heavy atom. The fourth-order valence-corrected chi connectivity index (χ4v) is 1.04. The average molecular weight is 555 g/mol. The number of methoxy groups -OCH3 is 1. The maximum absolute atomic E-state index is 10.3. The fourth-order valence-electron chi connectivity index (χ4n) is 1.04. The van der Waals surface area contributed by atoms with Gasteiger partial charge in [0.2, 0.25) is 0 Å². The van der Waals surface area contributed by atoms with E-state index in [-0.39, 0.29) is 31.9 Å². The van der Waals surface area contributed by atoms with E-state index in [1.54, 1.807) is 14.0 Å². The van der Waals surface area contributed by atoms with Gasteiger partial charge in [0.15, 0.2) is 0 Å². The van der Waals surface area contributed by atoms with Gasteiger partial charge in [-0.2, -0.15) is 0 Å². The van der Waals surface area contributed by atoms with Crippen LogP contribution in [0.25, 0.3) is 0 Å². The third kappa shape index (κ3) is 58.2. The first-order chi connectivity index (χ1) is 17.5. The number of hydrogen-bond donors (Lipinski definition) is 7. The Labute approximate surface area is 222 Å². The van der Waals surface area contributed by atoms with Crippen LogP contribution in [0.5, 0.6) is 0 Å². The number of carbonyl (C=O) groups excluding carboxylic acids is 1. The highest BCUT2D eigenvalue weighted by Gasteiger charge is 2.24. The van der Waals surface area contributed by atoms with Crippen molar-refractivity contribution in [3.8, 4) is 0 Å². The molecule has 1 atom stereocenters. The van der Waals surface area contributed by atoms with Gasteiger partial charge in [-0.3, -0.25) is 4.79 Å². The molecule has 0 aromatic rings. The molecule has 0 aliphatic heterocycles. The molecule has 0 aliphatic rings. The molecule has 1 unspecified atom stereocenters. The van der Waals surface area contributed by atoms with Crippen LogP contribution in [0.1, 0.15) is 27.2 Å². The standard InChI is InChI=1S/C6H12O3.C6H14O3.4C3H4O2/c1-5(4-8-3)9-6(2)7;1-2-6(3-7,4-8)5-9;4*1-2-3(4)5/h5H,4H2,1-3H3;7-9H,2-5H2,1H3;4*2H,1H2,(H,4,5). The summed E-state index contributed by atoms with van der Waals surface area (Å²) in [6, 6.07) is 0. The molecule has 14 heteroatoms. The summed E-state index contributed by atoms with van der Waals surface area (Å²) in [6.45, 7) is 16.8. The van der Waals surface area contributed by atoms with Crippen molar-refractivity contribution < 1.29 is 69.2 Å². The minimum atomic E-state index is -0.981. The van der Waals surface area contributed by atoms with Crippen LogP contribution in [0, 0.1) is 5.41 Å². The quantitative estimate of drug-likeness (QED) is 0.139. The molecule has 0 fully saturated rings. The number of aliphatic hydroxyl groups is 3. The van der Waals surface area contributed by atoms with E-state index < -0.39 is 29.3 Å². The fraction of sp³-hybridized carbons (Fsp3) is 0.458. The van der Waals surface area contributed by atoms with E-state index in [1.807, 2.05) is 6.92 Å². The Balaban J connectivity index is -0.0000000829. The summed E-state index contributed by atoms with van der Waals surface area (Å²) in [5.74, 6) is -4.19. The molecule has 0 heterocycles. The van der Waals surface area contributed by atoms with Crippen LogP contribution in [-0.2, 0) is 33.4 Å². The van der Waals surface area contributed by atoms with Crippen LogP contribution in [-0.4, -0.2) is 105 Å². The van der Waals surface area contributed by atoms with Gasteiger partial charge >= 0.3 is 29.8 Å². The maximum Gasteiger partial charge on any atom is 0.327 e. The Bertz CT molecular complexity index is 592. The maximum atomic E-state index is 10.3. The van der Waals surface area contributed by atoms with Gasteiger partial charge in [0.25, 0.3) is 0 Å². The zero-order valence-corrected chi connectivity index (χ0v) is 22.2. The van der Waals surface area contributed by atoms with Crippen LogP contribution < -0.4 is 0 Å². The van der Waals surface area contributed by atoms with Crippen LogP contribution in [0.15, 0.2) is 50.6 Å². The van der Waals surface area contributed by atoms with Crippen LogP contribution in [0.3, 0.4) is 0 Å². The molecule has 7 N–H and O–H groups in total. The molecule has 14 nitrogen and oxygen atoms in total. The molecule has 0 radical (unpaired) electrons. The van der Waals surface area contributed by atoms with Crippen LogP contribution >= 0.6 is 0 Å². The number of aliphatic carboxylic acids is 4. The summed E-state index contributed by atoms with van der Waals surface area (Å²) in [4.78, 5) is 47.3. The minimum Gasteiger partial charge on any atom is -0.478 e. The normalized spacial score (nSPS) is 9.24. The predicted octanol–water partition coefficient (Wildman–Crippen LogP) is 0.972. The number of carboxylic acid groups (broad SMARTS) is 4. The van der Waals surface area contributed by atoms with E-state index in [4.69, 9.17) is 45.2 Å². The summed E-state index contributed by atoms with van der Waals surface area (Å²) in [6.07, 6.45) is 3.80. The van der Waals surface area contributed by atoms with Gasteiger partial charge in [-0.25, -0.2) is 19.2 Å². The molecule has 0 aromatic carbocycles. The van der Waals surface area contributed by atoms with E-state index in [0.29, 0.717) is 13.0 Å². The number of carboxylic acids is 4. The second-order valence-electron chi connectivity index (χ2n) is 6.37. The van der Waals surface area contributed by atoms with Crippen molar-refractivity contribution in [2.24, 2.45) is 5.41 Å². The average Bonchev–Trinajstić information content (AvgIpc) is 2.87. The molecule has 0 saturated heterocycles. The second kappa shape index (κ2) is 35.3. The summed E-state index contributed by atoms with van der Waals surface area (Å²) in [5, 5.41) is 56.4. The SMILES string of the molecule is C=CC(=O)O.C=CC(=O)O.C=CC(=O)O.C=CC(=O)O.CCC(CO)(CO)CO.COCC(C)OC(C)=O. The number of aliphatic hydroxyl groups excluding tert-OH is 3. The highest BCUT2D eigenvalue weighted by molar-refractivity contribution is 5.79. The van der Waals surface area contributed by atoms with Gasteiger partial charge in [-0.15, -0.1) is 0 Å². The molecule has 0 aliphatic carbocycles. The van der Waals surface area contributed by atoms with E-state index in [0.717, 1.165) is 24.3 Å². The first-order valence-corrected chi connectivity index (χ1v) is 10.4. The molecular formula is C24H42O14. The molecule has 0 bridgehead atoms. The molecule has 0 spiro atoms. The Morgan fingerprint density at radius 1 is 0.737 bits per heavy atom. The Hall–Kier alpha value is -3.85. The van der Waals surface area contributed by atoms with Crippen molar-refractivity contribution in [2.75, 3.05) is 33.5 Å². The van der Waals surface area contributed by atoms with Crippen molar-refractivity contribution in [3.05, 3.63) is 50.6 Å². The van der Waals surface area contributed by atoms with E-state index in [1.165, 1.54) is 6.92 Å². The largest absolute Gasteiger partial charge is 0.478 e. The number of ether oxygens (including phenoxy) is 2.